The lowest BCUT2D eigenvalue weighted by Crippen LogP contribution is -2.65. The Morgan fingerprint density at radius 2 is 0.764 bits per heavy atom. The number of ketones is 2. The molecule has 0 N–H and O–H groups in total. The number of alkyl halides is 8. The number of halogens is 8. The summed E-state index contributed by atoms with van der Waals surface area (Å²) in [5.41, 5.74) is 6.66. The Morgan fingerprint density at radius 3 is 1.08 bits per heavy atom. The van der Waals surface area contributed by atoms with Gasteiger partial charge in [0.15, 0.2) is 24.8 Å². The van der Waals surface area contributed by atoms with Gasteiger partial charge in [-0.2, -0.15) is 35.1 Å². The number of ether oxygens (including phenoxy) is 2. The normalized spacial score (nSPS) is 14.2. The molecule has 0 radical (unpaired) electrons. The monoisotopic (exact) mass is 1520 g/mol. The zero-order valence-electron chi connectivity index (χ0n) is 65.6. The molecule has 586 valence electrons. The molecule has 0 spiro atoms. The molecule has 12 nitrogen and oxygen atoms in total. The van der Waals surface area contributed by atoms with Crippen molar-refractivity contribution in [1.29, 1.82) is 0 Å². The van der Waals surface area contributed by atoms with Crippen LogP contribution in [0.15, 0.2) is 156 Å². The van der Waals surface area contributed by atoms with E-state index in [4.69, 9.17) is 19.1 Å². The molecule has 10 aromatic rings. The summed E-state index contributed by atoms with van der Waals surface area (Å²) in [4.78, 5) is 64.6. The highest BCUT2D eigenvalue weighted by Crippen LogP contribution is 2.53. The first-order valence-electron chi connectivity index (χ1n) is 38.4. The summed E-state index contributed by atoms with van der Waals surface area (Å²) < 4.78 is 140. The van der Waals surface area contributed by atoms with Gasteiger partial charge < -0.3 is 28.3 Å². The van der Waals surface area contributed by atoms with Crippen LogP contribution < -0.4 is 9.47 Å². The fraction of sp³-hybridized carbons (Fsp3) is 0.444. The standard InChI is InChI=1S/C90H102F8N4O8/c1-15-19-25-59(17-3)51-101-79-41-35-63(77(99-109-57(7)103)43-55(5)49-85(9,10)11)45-71(79)73-47-75(67-27-21-23-29-69(67)81(73)101)83(105)61-31-37-65(38-32-61)107-53-87(91,92)89(95,96)90(97,98)88(93,94)54-108-66-39-33-62(34-40-66)84(106)76-48-74-72-46-64(78(100-110-58(8)104)44-56(6)50-86(12,13)14)36-42-80(72)102(52-60(18-4)26-20-16-2)82(74)70-30-24-22-28-68(70)76/h21-24,27-42,45-48,55-56,59-60H,15-20,25-26,43-44,49-54H2,1-14H3/b99-77+,100-78+. The van der Waals surface area contributed by atoms with Gasteiger partial charge in [-0.25, -0.2) is 9.59 Å². The number of fused-ring (bicyclic) bond motifs is 10. The molecule has 2 aromatic heterocycles. The first kappa shape index (κ1) is 83.0. The van der Waals surface area contributed by atoms with E-state index in [1.807, 2.05) is 72.8 Å². The largest absolute Gasteiger partial charge is 0.487 e. The van der Waals surface area contributed by atoms with Gasteiger partial charge in [-0.05, 0) is 169 Å². The Morgan fingerprint density at radius 1 is 0.427 bits per heavy atom. The van der Waals surface area contributed by atoms with Crippen molar-refractivity contribution < 1.29 is 73.5 Å². The molecule has 4 unspecified atom stereocenters. The second-order valence-electron chi connectivity index (χ2n) is 32.5. The second kappa shape index (κ2) is 34.0. The fourth-order valence-corrected chi connectivity index (χ4v) is 15.6. The van der Waals surface area contributed by atoms with Crippen molar-refractivity contribution in [3.8, 4) is 11.5 Å². The highest BCUT2D eigenvalue weighted by molar-refractivity contribution is 6.28. The number of rotatable bonds is 35. The van der Waals surface area contributed by atoms with Crippen LogP contribution in [0.1, 0.15) is 217 Å². The van der Waals surface area contributed by atoms with E-state index in [-0.39, 0.29) is 44.9 Å². The third kappa shape index (κ3) is 18.4. The molecule has 8 aromatic carbocycles. The molecule has 0 aliphatic carbocycles. The number of benzene rings is 8. The molecule has 0 saturated heterocycles. The van der Waals surface area contributed by atoms with Gasteiger partial charge in [0.25, 0.3) is 0 Å². The summed E-state index contributed by atoms with van der Waals surface area (Å²) >= 11 is 0. The Labute approximate surface area is 638 Å². The SMILES string of the molecule is CCCCC(CC)Cn1c2ccc(/C(CC(C)CC(C)(C)C)=N/OC(C)=O)cc2c2cc(C(=O)c3ccc(OCC(F)(F)C(F)(F)C(F)(F)C(F)(F)COc4ccc(C(=O)c5cc6c7cc(/C(CC(C)CC(C)(C)C)=N/OC(C)=O)ccc7n(CC(CC)CCCC)c6c6ccccc56)cc4)cc3)c3ccccc3c21. The number of unbranched alkanes of at least 4 members (excludes halogenated alkanes) is 2. The van der Waals surface area contributed by atoms with Crippen LogP contribution in [0.5, 0.6) is 11.5 Å². The van der Waals surface area contributed by atoms with Crippen molar-refractivity contribution in [3.05, 3.63) is 179 Å². The van der Waals surface area contributed by atoms with Crippen molar-refractivity contribution >= 4 is 100 Å². The maximum atomic E-state index is 15.6. The first-order chi connectivity index (χ1) is 51.9. The van der Waals surface area contributed by atoms with Crippen molar-refractivity contribution in [2.75, 3.05) is 13.2 Å². The minimum absolute atomic E-state index is 0.00369. The first-order valence-corrected chi connectivity index (χ1v) is 38.4. The quantitative estimate of drug-likeness (QED) is 0.0126. The maximum absolute atomic E-state index is 15.6. The van der Waals surface area contributed by atoms with Crippen molar-refractivity contribution in [2.24, 2.45) is 44.8 Å². The molecule has 0 amide bonds. The Balaban J connectivity index is 0.878. The third-order valence-corrected chi connectivity index (χ3v) is 20.8. The van der Waals surface area contributed by atoms with E-state index in [9.17, 15) is 19.2 Å². The van der Waals surface area contributed by atoms with Gasteiger partial charge in [0, 0.05) is 104 Å². The average molecular weight is 1520 g/mol. The van der Waals surface area contributed by atoms with Crippen LogP contribution in [0.3, 0.4) is 0 Å². The van der Waals surface area contributed by atoms with Crippen molar-refractivity contribution in [1.82, 2.24) is 9.13 Å². The molecule has 0 fully saturated rings. The average Bonchev–Trinajstić information content (AvgIpc) is 1.29. The molecule has 0 aliphatic heterocycles. The Kier molecular flexibility index (Phi) is 25.7. The van der Waals surface area contributed by atoms with E-state index in [0.29, 0.717) is 71.1 Å². The molecule has 10 rings (SSSR count). The van der Waals surface area contributed by atoms with Gasteiger partial charge >= 0.3 is 35.6 Å². The lowest BCUT2D eigenvalue weighted by Gasteiger charge is -2.36. The molecule has 110 heavy (non-hydrogen) atoms. The van der Waals surface area contributed by atoms with Crippen molar-refractivity contribution in [2.45, 2.75) is 211 Å². The van der Waals surface area contributed by atoms with E-state index in [2.05, 4.69) is 103 Å². The number of carbonyl (C=O) groups is 4. The Hall–Kier alpha value is -9.46. The number of hydrogen-bond donors (Lipinski definition) is 0. The molecular formula is C90H102F8N4O8. The highest BCUT2D eigenvalue weighted by Gasteiger charge is 2.81. The van der Waals surface area contributed by atoms with Crippen LogP contribution >= 0.6 is 0 Å². The summed E-state index contributed by atoms with van der Waals surface area (Å²) in [5.74, 6) is -27.7. The lowest BCUT2D eigenvalue weighted by atomic mass is 9.82. The van der Waals surface area contributed by atoms with E-state index in [0.717, 1.165) is 143 Å². The van der Waals surface area contributed by atoms with Gasteiger partial charge in [0.1, 0.15) is 11.5 Å². The Bertz CT molecular complexity index is 4750. The fourth-order valence-electron chi connectivity index (χ4n) is 15.6. The van der Waals surface area contributed by atoms with Gasteiger partial charge in [-0.15, -0.1) is 0 Å². The van der Waals surface area contributed by atoms with Crippen LogP contribution in [0.2, 0.25) is 0 Å². The minimum Gasteiger partial charge on any atom is -0.487 e. The van der Waals surface area contributed by atoms with E-state index < -0.39 is 71.9 Å². The molecule has 0 saturated carbocycles. The topological polar surface area (TPSA) is 140 Å². The van der Waals surface area contributed by atoms with E-state index >= 15 is 35.1 Å². The highest BCUT2D eigenvalue weighted by atomic mass is 19.4. The maximum Gasteiger partial charge on any atom is 0.381 e. The number of oxime groups is 2. The van der Waals surface area contributed by atoms with Crippen LogP contribution in [-0.2, 0) is 32.4 Å². The van der Waals surface area contributed by atoms with Gasteiger partial charge in [-0.1, -0.05) is 193 Å². The van der Waals surface area contributed by atoms with Crippen LogP contribution in [-0.4, -0.2) is 81.0 Å². The van der Waals surface area contributed by atoms with E-state index in [1.54, 1.807) is 24.3 Å². The molecule has 0 aliphatic rings. The smallest absolute Gasteiger partial charge is 0.381 e. The molecule has 2 heterocycles. The van der Waals surface area contributed by atoms with Gasteiger partial charge in [-0.3, -0.25) is 9.59 Å². The second-order valence-corrected chi connectivity index (χ2v) is 32.5. The lowest BCUT2D eigenvalue weighted by molar-refractivity contribution is -0.371. The summed E-state index contributed by atoms with van der Waals surface area (Å²) in [6.45, 7) is 24.7. The van der Waals surface area contributed by atoms with Crippen LogP contribution in [0.4, 0.5) is 35.1 Å². The zero-order chi connectivity index (χ0) is 80.0. The number of nitrogens with zero attached hydrogens (tertiary/aromatic N) is 4. The van der Waals surface area contributed by atoms with E-state index in [1.165, 1.54) is 38.1 Å². The summed E-state index contributed by atoms with van der Waals surface area (Å²) in [5, 5.41) is 14.5. The molecular weight excluding hydrogens is 1420 g/mol. The van der Waals surface area contributed by atoms with Crippen molar-refractivity contribution in [3.63, 3.8) is 0 Å². The molecule has 20 heteroatoms. The molecule has 4 atom stereocenters. The summed E-state index contributed by atoms with van der Waals surface area (Å²) in [6, 6.07) is 39.2. The summed E-state index contributed by atoms with van der Waals surface area (Å²) in [6.07, 6.45) is 10.6. The summed E-state index contributed by atoms with van der Waals surface area (Å²) in [7, 11) is 0. The van der Waals surface area contributed by atoms with Gasteiger partial charge in [0.05, 0.1) is 22.5 Å². The van der Waals surface area contributed by atoms with Crippen LogP contribution in [0.25, 0.3) is 65.2 Å². The predicted octanol–water partition coefficient (Wildman–Crippen LogP) is 24.6. The third-order valence-electron chi connectivity index (χ3n) is 20.8. The zero-order valence-corrected chi connectivity index (χ0v) is 65.6. The minimum atomic E-state index is -6.73. The number of carbonyl (C=O) groups excluding carboxylic acids is 4. The van der Waals surface area contributed by atoms with Gasteiger partial charge in [0.2, 0.25) is 0 Å². The number of hydrogen-bond acceptors (Lipinski definition) is 10. The molecule has 0 bridgehead atoms. The van der Waals surface area contributed by atoms with Crippen LogP contribution in [0, 0.1) is 34.5 Å². The predicted molar refractivity (Wildman–Crippen MR) is 423 cm³/mol. The number of aromatic nitrogens is 2.